The number of hydrogen-bond donors (Lipinski definition) is 1. The zero-order valence-electron chi connectivity index (χ0n) is 7.01. The van der Waals surface area contributed by atoms with E-state index in [4.69, 9.17) is 10.4 Å². The van der Waals surface area contributed by atoms with Crippen LogP contribution in [0, 0.1) is 11.3 Å². The molecule has 0 radical (unpaired) electrons. The van der Waals surface area contributed by atoms with E-state index in [-0.39, 0.29) is 12.1 Å². The molecular formula is C8H6BrN3O2. The predicted molar refractivity (Wildman–Crippen MR) is 53.2 cm³/mol. The number of hydrogen-bond acceptors (Lipinski definition) is 3. The topological polar surface area (TPSA) is 78.4 Å². The van der Waals surface area contributed by atoms with Gasteiger partial charge in [0.25, 0.3) is 0 Å². The Morgan fingerprint density at radius 2 is 2.57 bits per heavy atom. The maximum atomic E-state index is 10.7. The Hall–Kier alpha value is -1.61. The number of carbonyl (C=O) groups is 1. The van der Waals surface area contributed by atoms with Gasteiger partial charge in [0.1, 0.15) is 0 Å². The molecule has 5 nitrogen and oxygen atoms in total. The summed E-state index contributed by atoms with van der Waals surface area (Å²) in [6, 6.07) is 3.45. The predicted octanol–water partition coefficient (Wildman–Crippen LogP) is 1.70. The summed E-state index contributed by atoms with van der Waals surface area (Å²) in [6.07, 6.45) is 3.00. The minimum atomic E-state index is -1.07. The lowest BCUT2D eigenvalue weighted by Gasteiger charge is -1.97. The van der Waals surface area contributed by atoms with E-state index in [0.717, 1.165) is 0 Å². The highest BCUT2D eigenvalue weighted by molar-refractivity contribution is 9.10. The van der Waals surface area contributed by atoms with Crippen LogP contribution in [0.3, 0.4) is 0 Å². The van der Waals surface area contributed by atoms with Crippen LogP contribution in [0.25, 0.3) is 0 Å². The quantitative estimate of drug-likeness (QED) is 0.836. The molecule has 0 aromatic carbocycles. The molecule has 72 valence electrons. The molecule has 0 spiro atoms. The second-order valence-electron chi connectivity index (χ2n) is 2.32. The number of aromatic nitrogens is 1. The van der Waals surface area contributed by atoms with Gasteiger partial charge in [0, 0.05) is 12.4 Å². The Morgan fingerprint density at radius 3 is 3.14 bits per heavy atom. The highest BCUT2D eigenvalue weighted by atomic mass is 79.9. The summed E-state index contributed by atoms with van der Waals surface area (Å²) in [7, 11) is 0. The van der Waals surface area contributed by atoms with Crippen LogP contribution in [0.1, 0.15) is 16.9 Å². The van der Waals surface area contributed by atoms with Crippen LogP contribution >= 0.6 is 15.9 Å². The van der Waals surface area contributed by atoms with Gasteiger partial charge in [-0.05, 0) is 22.0 Å². The third-order valence-electron chi connectivity index (χ3n) is 1.41. The lowest BCUT2D eigenvalue weighted by Crippen LogP contribution is -2.04. The van der Waals surface area contributed by atoms with Gasteiger partial charge in [0.15, 0.2) is 5.69 Å². The summed E-state index contributed by atoms with van der Waals surface area (Å²) in [5, 5.41) is 20.9. The SMILES string of the molecule is N#CCC=Nn1ccc(Br)c1C(=O)O. The number of halogens is 1. The molecule has 1 heterocycles. The van der Waals surface area contributed by atoms with Crippen LogP contribution in [0.2, 0.25) is 0 Å². The first kappa shape index (κ1) is 10.5. The molecule has 1 aromatic rings. The van der Waals surface area contributed by atoms with Crippen molar-refractivity contribution in [3.05, 3.63) is 22.4 Å². The van der Waals surface area contributed by atoms with Crippen LogP contribution in [-0.4, -0.2) is 22.0 Å². The van der Waals surface area contributed by atoms with Gasteiger partial charge < -0.3 is 5.11 Å². The molecule has 0 fully saturated rings. The average Bonchev–Trinajstić information content (AvgIpc) is 2.47. The maximum Gasteiger partial charge on any atom is 0.355 e. The lowest BCUT2D eigenvalue weighted by molar-refractivity contribution is 0.0685. The fourth-order valence-corrected chi connectivity index (χ4v) is 1.33. The molecule has 0 amide bonds. The van der Waals surface area contributed by atoms with E-state index >= 15 is 0 Å². The van der Waals surface area contributed by atoms with E-state index in [9.17, 15) is 4.79 Å². The normalized spacial score (nSPS) is 10.3. The van der Waals surface area contributed by atoms with Gasteiger partial charge in [-0.3, -0.25) is 0 Å². The molecule has 0 aliphatic carbocycles. The van der Waals surface area contributed by atoms with Crippen molar-refractivity contribution >= 4 is 28.1 Å². The molecule has 1 rings (SSSR count). The minimum absolute atomic E-state index is 0.0409. The molecule has 0 aliphatic rings. The van der Waals surface area contributed by atoms with E-state index in [1.165, 1.54) is 17.1 Å². The largest absolute Gasteiger partial charge is 0.476 e. The summed E-state index contributed by atoms with van der Waals surface area (Å²) >= 11 is 3.09. The van der Waals surface area contributed by atoms with Gasteiger partial charge in [-0.15, -0.1) is 0 Å². The monoisotopic (exact) mass is 255 g/mol. The Labute approximate surface area is 88.4 Å². The van der Waals surface area contributed by atoms with E-state index < -0.39 is 5.97 Å². The molecule has 1 aromatic heterocycles. The van der Waals surface area contributed by atoms with Crippen molar-refractivity contribution in [3.8, 4) is 6.07 Å². The summed E-state index contributed by atoms with van der Waals surface area (Å²) in [5.41, 5.74) is 0.0409. The summed E-state index contributed by atoms with van der Waals surface area (Å²) in [6.45, 7) is 0. The van der Waals surface area contributed by atoms with E-state index in [1.54, 1.807) is 6.07 Å². The first-order valence-corrected chi connectivity index (χ1v) is 4.46. The van der Waals surface area contributed by atoms with Crippen molar-refractivity contribution in [2.75, 3.05) is 0 Å². The molecular weight excluding hydrogens is 250 g/mol. The molecule has 0 saturated carbocycles. The fraction of sp³-hybridized carbons (Fsp3) is 0.125. The number of rotatable bonds is 3. The fourth-order valence-electron chi connectivity index (χ4n) is 0.865. The third-order valence-corrected chi connectivity index (χ3v) is 2.05. The molecule has 0 bridgehead atoms. The van der Waals surface area contributed by atoms with Crippen molar-refractivity contribution < 1.29 is 9.90 Å². The van der Waals surface area contributed by atoms with E-state index in [0.29, 0.717) is 4.47 Å². The molecule has 1 N–H and O–H groups in total. The number of carboxylic acid groups (broad SMARTS) is 1. The number of aromatic carboxylic acids is 1. The summed E-state index contributed by atoms with van der Waals surface area (Å²) < 4.78 is 1.66. The first-order valence-electron chi connectivity index (χ1n) is 3.66. The van der Waals surface area contributed by atoms with E-state index in [2.05, 4.69) is 21.0 Å². The maximum absolute atomic E-state index is 10.7. The number of carboxylic acids is 1. The van der Waals surface area contributed by atoms with Crippen LogP contribution < -0.4 is 0 Å². The Bertz CT molecular complexity index is 417. The van der Waals surface area contributed by atoms with Crippen LogP contribution in [-0.2, 0) is 0 Å². The van der Waals surface area contributed by atoms with Gasteiger partial charge in [-0.2, -0.15) is 10.4 Å². The zero-order chi connectivity index (χ0) is 10.6. The van der Waals surface area contributed by atoms with Gasteiger partial charge >= 0.3 is 5.97 Å². The Kier molecular flexibility index (Phi) is 3.42. The Balaban J connectivity index is 2.99. The molecule has 14 heavy (non-hydrogen) atoms. The molecule has 0 saturated heterocycles. The van der Waals surface area contributed by atoms with E-state index in [1.807, 2.05) is 6.07 Å². The van der Waals surface area contributed by atoms with Gasteiger partial charge in [0.05, 0.1) is 17.0 Å². The second kappa shape index (κ2) is 4.58. The Morgan fingerprint density at radius 1 is 1.86 bits per heavy atom. The van der Waals surface area contributed by atoms with Crippen molar-refractivity contribution in [2.24, 2.45) is 5.10 Å². The van der Waals surface area contributed by atoms with Crippen molar-refractivity contribution in [1.29, 1.82) is 5.26 Å². The van der Waals surface area contributed by atoms with Crippen LogP contribution in [0.5, 0.6) is 0 Å². The van der Waals surface area contributed by atoms with Crippen molar-refractivity contribution in [1.82, 2.24) is 4.68 Å². The molecule has 6 heteroatoms. The molecule has 0 unspecified atom stereocenters. The summed E-state index contributed by atoms with van der Waals surface area (Å²) in [5.74, 6) is -1.07. The summed E-state index contributed by atoms with van der Waals surface area (Å²) in [4.78, 5) is 10.7. The standard InChI is InChI=1S/C8H6BrN3O2/c9-6-2-5-12(7(6)8(13)14)11-4-1-3-10/h2,4-5H,1H2,(H,13,14). The highest BCUT2D eigenvalue weighted by Crippen LogP contribution is 2.17. The van der Waals surface area contributed by atoms with Gasteiger partial charge in [-0.25, -0.2) is 9.47 Å². The van der Waals surface area contributed by atoms with Crippen LogP contribution in [0.4, 0.5) is 0 Å². The first-order chi connectivity index (χ1) is 6.66. The lowest BCUT2D eigenvalue weighted by atomic mass is 10.4. The van der Waals surface area contributed by atoms with Crippen molar-refractivity contribution in [2.45, 2.75) is 6.42 Å². The number of nitrogens with zero attached hydrogens (tertiary/aromatic N) is 3. The number of nitriles is 1. The molecule has 0 aliphatic heterocycles. The minimum Gasteiger partial charge on any atom is -0.476 e. The average molecular weight is 256 g/mol. The highest BCUT2D eigenvalue weighted by Gasteiger charge is 2.13. The molecule has 0 atom stereocenters. The van der Waals surface area contributed by atoms with Gasteiger partial charge in [0.2, 0.25) is 0 Å². The third kappa shape index (κ3) is 2.20. The van der Waals surface area contributed by atoms with Crippen molar-refractivity contribution in [3.63, 3.8) is 0 Å². The second-order valence-corrected chi connectivity index (χ2v) is 3.18. The van der Waals surface area contributed by atoms with Gasteiger partial charge in [-0.1, -0.05) is 0 Å². The van der Waals surface area contributed by atoms with Crippen LogP contribution in [0.15, 0.2) is 21.8 Å². The zero-order valence-corrected chi connectivity index (χ0v) is 8.60. The smallest absolute Gasteiger partial charge is 0.355 e.